The molecule has 0 bridgehead atoms. The maximum Gasteiger partial charge on any atom is 0.308 e. The highest BCUT2D eigenvalue weighted by molar-refractivity contribution is 7.22. The molecule has 0 spiro atoms. The normalized spacial score (nSPS) is 10.6. The van der Waals surface area contributed by atoms with Crippen molar-refractivity contribution in [3.05, 3.63) is 60.2 Å². The van der Waals surface area contributed by atoms with Crippen LogP contribution in [0.25, 0.3) is 10.2 Å². The maximum atomic E-state index is 12.5. The maximum absolute atomic E-state index is 12.5. The molecule has 1 N–H and O–H groups in total. The molecule has 0 saturated carbocycles. The molecule has 0 aliphatic carbocycles. The number of ether oxygens (including phenoxy) is 1. The lowest BCUT2D eigenvalue weighted by atomic mass is 10.1. The molecule has 30 heavy (non-hydrogen) atoms. The van der Waals surface area contributed by atoms with Crippen molar-refractivity contribution in [2.24, 2.45) is 0 Å². The monoisotopic (exact) mass is 425 g/mol. The molecule has 7 nitrogen and oxygen atoms in total. The molecule has 0 atom stereocenters. The van der Waals surface area contributed by atoms with Gasteiger partial charge in [0.05, 0.1) is 23.1 Å². The second-order valence-corrected chi connectivity index (χ2v) is 7.53. The quantitative estimate of drug-likeness (QED) is 0.533. The summed E-state index contributed by atoms with van der Waals surface area (Å²) < 4.78 is 6.07. The fourth-order valence-corrected chi connectivity index (χ4v) is 3.88. The van der Waals surface area contributed by atoms with E-state index in [1.54, 1.807) is 0 Å². The number of benzene rings is 2. The summed E-state index contributed by atoms with van der Waals surface area (Å²) in [5.74, 6) is -1.04. The molecule has 1 aromatic heterocycles. The van der Waals surface area contributed by atoms with Crippen LogP contribution in [-0.4, -0.2) is 42.5 Å². The van der Waals surface area contributed by atoms with Crippen LogP contribution < -0.4 is 10.2 Å². The zero-order valence-electron chi connectivity index (χ0n) is 16.7. The van der Waals surface area contributed by atoms with Crippen LogP contribution in [-0.2, 0) is 25.5 Å². The SMILES string of the molecule is CCN(C(=O)COC(=O)CCNC(=O)Cc1ccccc1)c1nc2ccccc2s1. The van der Waals surface area contributed by atoms with Gasteiger partial charge in [-0.3, -0.25) is 19.3 Å². The van der Waals surface area contributed by atoms with Crippen LogP contribution in [0.4, 0.5) is 5.13 Å². The molecule has 3 rings (SSSR count). The Morgan fingerprint density at radius 2 is 1.80 bits per heavy atom. The van der Waals surface area contributed by atoms with Gasteiger partial charge in [-0.2, -0.15) is 0 Å². The number of carbonyl (C=O) groups excluding carboxylic acids is 3. The largest absolute Gasteiger partial charge is 0.455 e. The van der Waals surface area contributed by atoms with E-state index in [4.69, 9.17) is 4.74 Å². The number of rotatable bonds is 9. The molecule has 0 fully saturated rings. The van der Waals surface area contributed by atoms with Gasteiger partial charge in [0.1, 0.15) is 0 Å². The second kappa shape index (κ2) is 10.5. The Kier molecular flexibility index (Phi) is 7.51. The molecular formula is C22H23N3O4S. The molecule has 3 aromatic rings. The lowest BCUT2D eigenvalue weighted by Crippen LogP contribution is -2.35. The smallest absolute Gasteiger partial charge is 0.308 e. The number of hydrogen-bond donors (Lipinski definition) is 1. The number of para-hydroxylation sites is 1. The first kappa shape index (κ1) is 21.4. The molecule has 8 heteroatoms. The number of carbonyl (C=O) groups is 3. The van der Waals surface area contributed by atoms with Crippen LogP contribution in [0.2, 0.25) is 0 Å². The first-order valence-corrected chi connectivity index (χ1v) is 10.5. The van der Waals surface area contributed by atoms with Gasteiger partial charge in [0.15, 0.2) is 11.7 Å². The van der Waals surface area contributed by atoms with E-state index in [0.29, 0.717) is 11.7 Å². The Balaban J connectivity index is 1.42. The van der Waals surface area contributed by atoms with Gasteiger partial charge >= 0.3 is 5.97 Å². The number of likely N-dealkylation sites (N-methyl/N-ethyl adjacent to an activating group) is 1. The number of amides is 2. The van der Waals surface area contributed by atoms with E-state index >= 15 is 0 Å². The number of esters is 1. The van der Waals surface area contributed by atoms with E-state index in [9.17, 15) is 14.4 Å². The van der Waals surface area contributed by atoms with Gasteiger partial charge in [-0.25, -0.2) is 4.98 Å². The number of hydrogen-bond acceptors (Lipinski definition) is 6. The molecular weight excluding hydrogens is 402 g/mol. The average molecular weight is 426 g/mol. The summed E-state index contributed by atoms with van der Waals surface area (Å²) in [6.07, 6.45) is 0.253. The minimum Gasteiger partial charge on any atom is -0.455 e. The predicted octanol–water partition coefficient (Wildman–Crippen LogP) is 2.94. The van der Waals surface area contributed by atoms with Crippen LogP contribution in [0.3, 0.4) is 0 Å². The summed E-state index contributed by atoms with van der Waals surface area (Å²) in [7, 11) is 0. The molecule has 0 aliphatic heterocycles. The van der Waals surface area contributed by atoms with Crippen molar-refractivity contribution in [2.45, 2.75) is 19.8 Å². The third kappa shape index (κ3) is 5.87. The predicted molar refractivity (Wildman–Crippen MR) is 116 cm³/mol. The second-order valence-electron chi connectivity index (χ2n) is 6.53. The fraction of sp³-hybridized carbons (Fsp3) is 0.273. The summed E-state index contributed by atoms with van der Waals surface area (Å²) in [4.78, 5) is 42.3. The summed E-state index contributed by atoms with van der Waals surface area (Å²) in [5.41, 5.74) is 1.73. The Bertz CT molecular complexity index is 986. The van der Waals surface area contributed by atoms with Crippen molar-refractivity contribution in [2.75, 3.05) is 24.6 Å². The average Bonchev–Trinajstić information content (AvgIpc) is 3.17. The van der Waals surface area contributed by atoms with Crippen molar-refractivity contribution < 1.29 is 19.1 Å². The lowest BCUT2D eigenvalue weighted by molar-refractivity contribution is -0.147. The van der Waals surface area contributed by atoms with Crippen LogP contribution >= 0.6 is 11.3 Å². The molecule has 2 aromatic carbocycles. The molecule has 0 radical (unpaired) electrons. The molecule has 1 heterocycles. The first-order valence-electron chi connectivity index (χ1n) is 9.69. The van der Waals surface area contributed by atoms with E-state index in [1.165, 1.54) is 16.2 Å². The fourth-order valence-electron chi connectivity index (χ4n) is 2.83. The Morgan fingerprint density at radius 1 is 1.07 bits per heavy atom. The first-order chi connectivity index (χ1) is 14.6. The van der Waals surface area contributed by atoms with Gasteiger partial charge in [0.2, 0.25) is 5.91 Å². The number of nitrogens with zero attached hydrogens (tertiary/aromatic N) is 2. The zero-order valence-corrected chi connectivity index (χ0v) is 17.5. The number of anilines is 1. The number of nitrogens with one attached hydrogen (secondary N) is 1. The van der Waals surface area contributed by atoms with Gasteiger partial charge in [-0.05, 0) is 24.6 Å². The van der Waals surface area contributed by atoms with E-state index in [-0.39, 0.29) is 37.8 Å². The van der Waals surface area contributed by atoms with Crippen molar-refractivity contribution in [3.8, 4) is 0 Å². The highest BCUT2D eigenvalue weighted by Crippen LogP contribution is 2.28. The molecule has 156 valence electrons. The van der Waals surface area contributed by atoms with E-state index in [1.807, 2.05) is 61.5 Å². The zero-order chi connectivity index (χ0) is 21.3. The van der Waals surface area contributed by atoms with Crippen molar-refractivity contribution >= 4 is 44.5 Å². The van der Waals surface area contributed by atoms with Crippen LogP contribution in [0, 0.1) is 0 Å². The Labute approximate surface area is 178 Å². The number of thiazole rings is 1. The summed E-state index contributed by atoms with van der Waals surface area (Å²) in [6.45, 7) is 2.06. The van der Waals surface area contributed by atoms with Gasteiger partial charge in [0.25, 0.3) is 5.91 Å². The molecule has 2 amide bonds. The minimum absolute atomic E-state index is 0.00106. The third-order valence-electron chi connectivity index (χ3n) is 4.35. The van der Waals surface area contributed by atoms with Crippen molar-refractivity contribution in [1.82, 2.24) is 10.3 Å². The van der Waals surface area contributed by atoms with Gasteiger partial charge in [0, 0.05) is 13.1 Å². The highest BCUT2D eigenvalue weighted by Gasteiger charge is 2.19. The van der Waals surface area contributed by atoms with E-state index < -0.39 is 5.97 Å². The summed E-state index contributed by atoms with van der Waals surface area (Å²) in [6, 6.07) is 17.0. The number of aromatic nitrogens is 1. The van der Waals surface area contributed by atoms with Crippen LogP contribution in [0.15, 0.2) is 54.6 Å². The highest BCUT2D eigenvalue weighted by atomic mass is 32.1. The Morgan fingerprint density at radius 3 is 2.53 bits per heavy atom. The topological polar surface area (TPSA) is 88.6 Å². The van der Waals surface area contributed by atoms with Gasteiger partial charge < -0.3 is 10.1 Å². The number of fused-ring (bicyclic) bond motifs is 1. The summed E-state index contributed by atoms with van der Waals surface area (Å²) in [5, 5.41) is 3.26. The molecule has 0 unspecified atom stereocenters. The van der Waals surface area contributed by atoms with Crippen LogP contribution in [0.5, 0.6) is 0 Å². The Hall–Kier alpha value is -3.26. The van der Waals surface area contributed by atoms with Crippen molar-refractivity contribution in [3.63, 3.8) is 0 Å². The van der Waals surface area contributed by atoms with E-state index in [0.717, 1.165) is 15.8 Å². The van der Waals surface area contributed by atoms with Gasteiger partial charge in [-0.1, -0.05) is 53.8 Å². The molecule has 0 saturated heterocycles. The standard InChI is InChI=1S/C22H23N3O4S/c1-2-25(22-24-17-10-6-7-11-18(17)30-22)20(27)15-29-21(28)12-13-23-19(26)14-16-8-4-3-5-9-16/h3-11H,2,12-15H2,1H3,(H,23,26). The van der Waals surface area contributed by atoms with E-state index in [2.05, 4.69) is 10.3 Å². The van der Waals surface area contributed by atoms with Gasteiger partial charge in [-0.15, -0.1) is 0 Å². The third-order valence-corrected chi connectivity index (χ3v) is 5.41. The lowest BCUT2D eigenvalue weighted by Gasteiger charge is -2.17. The molecule has 0 aliphatic rings. The minimum atomic E-state index is -0.538. The summed E-state index contributed by atoms with van der Waals surface area (Å²) >= 11 is 1.42. The van der Waals surface area contributed by atoms with Crippen molar-refractivity contribution in [1.29, 1.82) is 0 Å². The van der Waals surface area contributed by atoms with Crippen LogP contribution in [0.1, 0.15) is 18.9 Å².